The zero-order valence-electron chi connectivity index (χ0n) is 13.2. The average molecular weight is 321 g/mol. The van der Waals surface area contributed by atoms with Crippen molar-refractivity contribution >= 4 is 22.4 Å². The summed E-state index contributed by atoms with van der Waals surface area (Å²) in [5, 5.41) is 13.9. The molecule has 4 nitrogen and oxygen atoms in total. The number of aliphatic hydroxyl groups excluding tert-OH is 1. The Balaban J connectivity index is 1.67. The molecule has 0 radical (unpaired) electrons. The molecular weight excluding hydrogens is 302 g/mol. The van der Waals surface area contributed by atoms with E-state index in [-0.39, 0.29) is 19.1 Å². The van der Waals surface area contributed by atoms with E-state index in [1.54, 1.807) is 24.3 Å². The van der Waals surface area contributed by atoms with E-state index >= 15 is 0 Å². The number of hydrogen-bond acceptors (Lipinski definition) is 3. The Labute approximate surface area is 140 Å². The Bertz CT molecular complexity index is 822. The van der Waals surface area contributed by atoms with E-state index in [0.717, 1.165) is 22.0 Å². The number of nitrogens with one attached hydrogen (secondary N) is 1. The third-order valence-corrected chi connectivity index (χ3v) is 3.73. The zero-order chi connectivity index (χ0) is 16.8. The van der Waals surface area contributed by atoms with Crippen LogP contribution in [0.3, 0.4) is 0 Å². The number of aliphatic hydroxyl groups is 1. The van der Waals surface area contributed by atoms with Gasteiger partial charge in [-0.3, -0.25) is 4.79 Å². The van der Waals surface area contributed by atoms with Crippen LogP contribution in [0.1, 0.15) is 5.56 Å². The summed E-state index contributed by atoms with van der Waals surface area (Å²) in [4.78, 5) is 12.3. The fourth-order valence-electron chi connectivity index (χ4n) is 2.62. The van der Waals surface area contributed by atoms with Gasteiger partial charge < -0.3 is 15.2 Å². The van der Waals surface area contributed by atoms with Gasteiger partial charge in [0.15, 0.2) is 0 Å². The van der Waals surface area contributed by atoms with Crippen molar-refractivity contribution in [3.8, 4) is 5.75 Å². The van der Waals surface area contributed by atoms with Gasteiger partial charge in [0, 0.05) is 5.69 Å². The third kappa shape index (κ3) is 3.91. The first-order valence-corrected chi connectivity index (χ1v) is 7.86. The SMILES string of the molecule is O=C(Cc1cccc2ccccc12)Nc1ccc(OCCO)cc1. The van der Waals surface area contributed by atoms with Crippen molar-refractivity contribution in [2.45, 2.75) is 6.42 Å². The molecule has 0 fully saturated rings. The van der Waals surface area contributed by atoms with E-state index < -0.39 is 0 Å². The largest absolute Gasteiger partial charge is 0.491 e. The number of amides is 1. The highest BCUT2D eigenvalue weighted by Gasteiger charge is 2.07. The van der Waals surface area contributed by atoms with Crippen molar-refractivity contribution in [2.75, 3.05) is 18.5 Å². The van der Waals surface area contributed by atoms with Crippen molar-refractivity contribution in [3.63, 3.8) is 0 Å². The van der Waals surface area contributed by atoms with Crippen molar-refractivity contribution in [2.24, 2.45) is 0 Å². The summed E-state index contributed by atoms with van der Waals surface area (Å²) in [5.74, 6) is 0.603. The molecule has 3 aromatic carbocycles. The molecule has 24 heavy (non-hydrogen) atoms. The number of fused-ring (bicyclic) bond motifs is 1. The van der Waals surface area contributed by atoms with Crippen LogP contribution in [0.2, 0.25) is 0 Å². The Kier molecular flexibility index (Phi) is 5.08. The highest BCUT2D eigenvalue weighted by Crippen LogP contribution is 2.20. The molecule has 122 valence electrons. The quantitative estimate of drug-likeness (QED) is 0.731. The fourth-order valence-corrected chi connectivity index (χ4v) is 2.62. The molecule has 4 heteroatoms. The van der Waals surface area contributed by atoms with Crippen molar-refractivity contribution < 1.29 is 14.6 Å². The van der Waals surface area contributed by atoms with Crippen molar-refractivity contribution in [1.29, 1.82) is 0 Å². The first kappa shape index (κ1) is 16.0. The van der Waals surface area contributed by atoms with Gasteiger partial charge in [0.25, 0.3) is 0 Å². The highest BCUT2D eigenvalue weighted by molar-refractivity contribution is 5.96. The van der Waals surface area contributed by atoms with Crippen molar-refractivity contribution in [3.05, 3.63) is 72.3 Å². The molecule has 0 spiro atoms. The molecule has 2 N–H and O–H groups in total. The number of ether oxygens (including phenoxy) is 1. The molecular formula is C20H19NO3. The second-order valence-corrected chi connectivity index (χ2v) is 5.46. The predicted molar refractivity (Wildman–Crippen MR) is 95.3 cm³/mol. The van der Waals surface area contributed by atoms with Gasteiger partial charge in [-0.15, -0.1) is 0 Å². The minimum atomic E-state index is -0.0598. The van der Waals surface area contributed by atoms with Crippen LogP contribution in [-0.4, -0.2) is 24.2 Å². The maximum Gasteiger partial charge on any atom is 0.228 e. The normalized spacial score (nSPS) is 10.5. The molecule has 3 rings (SSSR count). The lowest BCUT2D eigenvalue weighted by molar-refractivity contribution is -0.115. The highest BCUT2D eigenvalue weighted by atomic mass is 16.5. The Morgan fingerprint density at radius 3 is 2.50 bits per heavy atom. The van der Waals surface area contributed by atoms with Crippen LogP contribution in [0, 0.1) is 0 Å². The van der Waals surface area contributed by atoms with Crippen LogP contribution in [0.15, 0.2) is 66.7 Å². The molecule has 0 aliphatic rings. The number of carbonyl (C=O) groups is 1. The molecule has 0 saturated heterocycles. The van der Waals surface area contributed by atoms with E-state index in [1.807, 2.05) is 42.5 Å². The summed E-state index contributed by atoms with van der Waals surface area (Å²) in [6, 6.07) is 21.1. The standard InChI is InChI=1S/C20H19NO3/c22-12-13-24-18-10-8-17(9-11-18)21-20(23)14-16-6-3-5-15-4-1-2-7-19(15)16/h1-11,22H,12-14H2,(H,21,23). The van der Waals surface area contributed by atoms with Gasteiger partial charge in [0.05, 0.1) is 13.0 Å². The van der Waals surface area contributed by atoms with Crippen LogP contribution in [-0.2, 0) is 11.2 Å². The summed E-state index contributed by atoms with van der Waals surface area (Å²) in [6.07, 6.45) is 0.324. The van der Waals surface area contributed by atoms with E-state index in [1.165, 1.54) is 0 Å². The fraction of sp³-hybridized carbons (Fsp3) is 0.150. The minimum absolute atomic E-state index is 0.0243. The maximum absolute atomic E-state index is 12.3. The van der Waals surface area contributed by atoms with Gasteiger partial charge in [-0.25, -0.2) is 0 Å². The number of benzene rings is 3. The van der Waals surface area contributed by atoms with Gasteiger partial charge in [-0.2, -0.15) is 0 Å². The van der Waals surface area contributed by atoms with Crippen LogP contribution >= 0.6 is 0 Å². The van der Waals surface area contributed by atoms with E-state index in [4.69, 9.17) is 9.84 Å². The smallest absolute Gasteiger partial charge is 0.228 e. The molecule has 0 aliphatic carbocycles. The van der Waals surface area contributed by atoms with Crippen LogP contribution in [0.25, 0.3) is 10.8 Å². The second kappa shape index (κ2) is 7.62. The summed E-state index contributed by atoms with van der Waals surface area (Å²) in [5.41, 5.74) is 1.73. The monoisotopic (exact) mass is 321 g/mol. The number of hydrogen-bond donors (Lipinski definition) is 2. The molecule has 0 atom stereocenters. The van der Waals surface area contributed by atoms with Gasteiger partial charge in [-0.05, 0) is 40.6 Å². The summed E-state index contributed by atoms with van der Waals surface area (Å²) in [7, 11) is 0. The van der Waals surface area contributed by atoms with E-state index in [9.17, 15) is 4.79 Å². The third-order valence-electron chi connectivity index (χ3n) is 3.73. The molecule has 3 aromatic rings. The van der Waals surface area contributed by atoms with Gasteiger partial charge in [0.2, 0.25) is 5.91 Å². The number of carbonyl (C=O) groups excluding carboxylic acids is 1. The molecule has 0 bridgehead atoms. The van der Waals surface area contributed by atoms with Crippen LogP contribution in [0.5, 0.6) is 5.75 Å². The molecule has 0 aromatic heterocycles. The first-order valence-electron chi connectivity index (χ1n) is 7.86. The molecule has 1 amide bonds. The summed E-state index contributed by atoms with van der Waals surface area (Å²) < 4.78 is 5.30. The van der Waals surface area contributed by atoms with Gasteiger partial charge in [0.1, 0.15) is 12.4 Å². The van der Waals surface area contributed by atoms with E-state index in [0.29, 0.717) is 12.2 Å². The lowest BCUT2D eigenvalue weighted by Gasteiger charge is -2.09. The zero-order valence-corrected chi connectivity index (χ0v) is 13.2. The first-order chi connectivity index (χ1) is 11.8. The summed E-state index contributed by atoms with van der Waals surface area (Å²) in [6.45, 7) is 0.232. The minimum Gasteiger partial charge on any atom is -0.491 e. The summed E-state index contributed by atoms with van der Waals surface area (Å²) >= 11 is 0. The maximum atomic E-state index is 12.3. The lowest BCUT2D eigenvalue weighted by Crippen LogP contribution is -2.14. The molecule has 0 aliphatic heterocycles. The average Bonchev–Trinajstić information content (AvgIpc) is 2.61. The van der Waals surface area contributed by atoms with Crippen LogP contribution in [0.4, 0.5) is 5.69 Å². The number of anilines is 1. The number of rotatable bonds is 6. The van der Waals surface area contributed by atoms with Gasteiger partial charge in [-0.1, -0.05) is 42.5 Å². The molecule has 0 saturated carbocycles. The Hall–Kier alpha value is -2.85. The lowest BCUT2D eigenvalue weighted by atomic mass is 10.0. The predicted octanol–water partition coefficient (Wildman–Crippen LogP) is 3.39. The topological polar surface area (TPSA) is 58.6 Å². The van der Waals surface area contributed by atoms with Crippen molar-refractivity contribution in [1.82, 2.24) is 0 Å². The molecule has 0 unspecified atom stereocenters. The van der Waals surface area contributed by atoms with E-state index in [2.05, 4.69) is 5.32 Å². The van der Waals surface area contributed by atoms with Crippen LogP contribution < -0.4 is 10.1 Å². The van der Waals surface area contributed by atoms with Gasteiger partial charge >= 0.3 is 0 Å². The second-order valence-electron chi connectivity index (χ2n) is 5.46. The molecule has 0 heterocycles. The Morgan fingerprint density at radius 1 is 0.958 bits per heavy atom. The Morgan fingerprint density at radius 2 is 1.71 bits per heavy atom.